The number of benzene rings is 1. The summed E-state index contributed by atoms with van der Waals surface area (Å²) >= 11 is 2.83. The van der Waals surface area contributed by atoms with Crippen LogP contribution < -0.4 is 10.6 Å². The summed E-state index contributed by atoms with van der Waals surface area (Å²) in [7, 11) is 0. The Hall–Kier alpha value is -3.04. The number of nitrogens with zero attached hydrogens (tertiary/aromatic N) is 2. The number of carbonyl (C=O) groups is 3. The third kappa shape index (κ3) is 7.58. The van der Waals surface area contributed by atoms with Crippen LogP contribution in [0.25, 0.3) is 0 Å². The summed E-state index contributed by atoms with van der Waals surface area (Å²) in [5.74, 6) is -0.478. The quantitative estimate of drug-likeness (QED) is 0.338. The first kappa shape index (κ1) is 23.6. The lowest BCUT2D eigenvalue weighted by molar-refractivity contribution is -0.121. The molecule has 3 aromatic rings. The zero-order valence-corrected chi connectivity index (χ0v) is 19.5. The number of hydrogen-bond acceptors (Lipinski definition) is 7. The van der Waals surface area contributed by atoms with Crippen molar-refractivity contribution in [2.75, 3.05) is 11.9 Å². The minimum absolute atomic E-state index is 0.0430. The largest absolute Gasteiger partial charge is 0.356 e. The van der Waals surface area contributed by atoms with Crippen LogP contribution in [0.15, 0.2) is 57.9 Å². The van der Waals surface area contributed by atoms with Crippen molar-refractivity contribution < 1.29 is 14.4 Å². The molecular weight excluding hydrogens is 444 g/mol. The highest BCUT2D eigenvalue weighted by molar-refractivity contribution is 7.99. The minimum atomic E-state index is -0.238. The molecule has 2 N–H and O–H groups in total. The number of anilines is 1. The summed E-state index contributed by atoms with van der Waals surface area (Å²) in [6.07, 6.45) is 0.426. The number of Topliss-reactive ketones (excluding diaryl/α,β-unsaturated/α-hetero) is 1. The number of nitrogens with one attached hydrogen (secondary N) is 2. The van der Waals surface area contributed by atoms with E-state index < -0.39 is 0 Å². The van der Waals surface area contributed by atoms with E-state index in [0.717, 1.165) is 16.3 Å². The molecule has 0 bridgehead atoms. The molecule has 0 aliphatic rings. The molecule has 0 aliphatic carbocycles. The van der Waals surface area contributed by atoms with E-state index in [1.54, 1.807) is 6.07 Å². The van der Waals surface area contributed by atoms with E-state index in [1.165, 1.54) is 23.1 Å². The SMILES string of the molecule is Cc1cc(C)nc(Sc2ccc(NC(=O)CCNC(=O)CCC(=O)c3cccs3)cc2)n1. The van der Waals surface area contributed by atoms with Gasteiger partial charge in [0.05, 0.1) is 4.88 Å². The number of rotatable bonds is 10. The highest BCUT2D eigenvalue weighted by Gasteiger charge is 2.11. The van der Waals surface area contributed by atoms with Gasteiger partial charge in [0, 0.05) is 47.8 Å². The van der Waals surface area contributed by atoms with E-state index in [9.17, 15) is 14.4 Å². The van der Waals surface area contributed by atoms with Crippen molar-refractivity contribution in [1.29, 1.82) is 0 Å². The van der Waals surface area contributed by atoms with Gasteiger partial charge in [-0.25, -0.2) is 9.97 Å². The first-order valence-electron chi connectivity index (χ1n) is 10.1. The van der Waals surface area contributed by atoms with Crippen LogP contribution in [0.5, 0.6) is 0 Å². The Morgan fingerprint density at radius 2 is 1.66 bits per heavy atom. The van der Waals surface area contributed by atoms with E-state index in [1.807, 2.05) is 55.6 Å². The van der Waals surface area contributed by atoms with Gasteiger partial charge in [0.15, 0.2) is 10.9 Å². The standard InChI is InChI=1S/C23H24N4O3S2/c1-15-14-16(2)26-23(25-15)32-18-7-5-17(6-8-18)27-22(30)11-12-24-21(29)10-9-19(28)20-4-3-13-31-20/h3-8,13-14H,9-12H2,1-2H3,(H,24,29)(H,27,30). The van der Waals surface area contributed by atoms with Gasteiger partial charge in [-0.05, 0) is 67.4 Å². The minimum Gasteiger partial charge on any atom is -0.356 e. The molecule has 2 aromatic heterocycles. The molecule has 0 spiro atoms. The van der Waals surface area contributed by atoms with Crippen molar-refractivity contribution in [1.82, 2.24) is 15.3 Å². The molecule has 9 heteroatoms. The molecule has 0 atom stereocenters. The highest BCUT2D eigenvalue weighted by atomic mass is 32.2. The van der Waals surface area contributed by atoms with Crippen molar-refractivity contribution in [2.45, 2.75) is 43.2 Å². The van der Waals surface area contributed by atoms with Gasteiger partial charge in [0.2, 0.25) is 11.8 Å². The lowest BCUT2D eigenvalue weighted by Crippen LogP contribution is -2.27. The number of amides is 2. The van der Waals surface area contributed by atoms with Gasteiger partial charge in [-0.1, -0.05) is 6.07 Å². The Bertz CT molecular complexity index is 1060. The number of thiophene rings is 1. The lowest BCUT2D eigenvalue weighted by Gasteiger charge is -2.08. The van der Waals surface area contributed by atoms with Gasteiger partial charge in [-0.15, -0.1) is 11.3 Å². The predicted molar refractivity (Wildman–Crippen MR) is 126 cm³/mol. The molecule has 3 rings (SSSR count). The molecule has 0 unspecified atom stereocenters. The van der Waals surface area contributed by atoms with Gasteiger partial charge in [-0.3, -0.25) is 14.4 Å². The topological polar surface area (TPSA) is 101 Å². The van der Waals surface area contributed by atoms with Crippen molar-refractivity contribution in [2.24, 2.45) is 0 Å². The van der Waals surface area contributed by atoms with Gasteiger partial charge < -0.3 is 10.6 Å². The van der Waals surface area contributed by atoms with Crippen LogP contribution >= 0.6 is 23.1 Å². The predicted octanol–water partition coefficient (Wildman–Crippen LogP) is 4.41. The second-order valence-corrected chi connectivity index (χ2v) is 9.10. The molecule has 0 fully saturated rings. The van der Waals surface area contributed by atoms with Crippen LogP contribution in [-0.4, -0.2) is 34.1 Å². The van der Waals surface area contributed by atoms with Crippen LogP contribution in [0, 0.1) is 13.8 Å². The van der Waals surface area contributed by atoms with Crippen LogP contribution in [0.3, 0.4) is 0 Å². The van der Waals surface area contributed by atoms with Gasteiger partial charge in [-0.2, -0.15) is 0 Å². The van der Waals surface area contributed by atoms with E-state index in [-0.39, 0.29) is 43.4 Å². The second-order valence-electron chi connectivity index (χ2n) is 7.11. The monoisotopic (exact) mass is 468 g/mol. The van der Waals surface area contributed by atoms with Gasteiger partial charge in [0.1, 0.15) is 0 Å². The second kappa shape index (κ2) is 11.5. The van der Waals surface area contributed by atoms with Crippen LogP contribution in [0.1, 0.15) is 40.3 Å². The fourth-order valence-electron chi connectivity index (χ4n) is 2.87. The normalized spacial score (nSPS) is 10.6. The van der Waals surface area contributed by atoms with Crippen LogP contribution in [-0.2, 0) is 9.59 Å². The average molecular weight is 469 g/mol. The van der Waals surface area contributed by atoms with E-state index in [4.69, 9.17) is 0 Å². The summed E-state index contributed by atoms with van der Waals surface area (Å²) < 4.78 is 0. The third-order valence-electron chi connectivity index (χ3n) is 4.36. The molecular formula is C23H24N4O3S2. The molecule has 0 saturated heterocycles. The Labute approximate surface area is 195 Å². The molecule has 2 heterocycles. The number of aryl methyl sites for hydroxylation is 2. The molecule has 0 aliphatic heterocycles. The highest BCUT2D eigenvalue weighted by Crippen LogP contribution is 2.26. The Kier molecular flexibility index (Phi) is 8.52. The smallest absolute Gasteiger partial charge is 0.226 e. The van der Waals surface area contributed by atoms with Crippen molar-refractivity contribution in [3.8, 4) is 0 Å². The fourth-order valence-corrected chi connectivity index (χ4v) is 4.42. The van der Waals surface area contributed by atoms with Crippen LogP contribution in [0.2, 0.25) is 0 Å². The molecule has 0 radical (unpaired) electrons. The molecule has 166 valence electrons. The molecule has 7 nitrogen and oxygen atoms in total. The summed E-state index contributed by atoms with van der Waals surface area (Å²) in [5, 5.41) is 8.01. The first-order valence-corrected chi connectivity index (χ1v) is 11.8. The average Bonchev–Trinajstić information content (AvgIpc) is 3.28. The lowest BCUT2D eigenvalue weighted by atomic mass is 10.2. The third-order valence-corrected chi connectivity index (χ3v) is 6.14. The van der Waals surface area contributed by atoms with Crippen molar-refractivity contribution in [3.63, 3.8) is 0 Å². The van der Waals surface area contributed by atoms with E-state index >= 15 is 0 Å². The Balaban J connectivity index is 1.37. The maximum Gasteiger partial charge on any atom is 0.226 e. The Morgan fingerprint density at radius 3 is 2.31 bits per heavy atom. The van der Waals surface area contributed by atoms with Gasteiger partial charge in [0.25, 0.3) is 0 Å². The van der Waals surface area contributed by atoms with Crippen LogP contribution in [0.4, 0.5) is 5.69 Å². The summed E-state index contributed by atoms with van der Waals surface area (Å²) in [4.78, 5) is 46.4. The Morgan fingerprint density at radius 1 is 0.938 bits per heavy atom. The van der Waals surface area contributed by atoms with E-state index in [2.05, 4.69) is 20.6 Å². The van der Waals surface area contributed by atoms with Gasteiger partial charge >= 0.3 is 0 Å². The summed E-state index contributed by atoms with van der Waals surface area (Å²) in [6.45, 7) is 4.09. The van der Waals surface area contributed by atoms with Crippen molar-refractivity contribution in [3.05, 3.63) is 64.1 Å². The molecule has 2 amide bonds. The zero-order chi connectivity index (χ0) is 22.9. The maximum absolute atomic E-state index is 12.1. The molecule has 1 aromatic carbocycles. The molecule has 0 saturated carbocycles. The number of ketones is 1. The fraction of sp³-hybridized carbons (Fsp3) is 0.261. The summed E-state index contributed by atoms with van der Waals surface area (Å²) in [5.41, 5.74) is 2.52. The van der Waals surface area contributed by atoms with E-state index in [0.29, 0.717) is 15.7 Å². The maximum atomic E-state index is 12.1. The number of carbonyl (C=O) groups excluding carboxylic acids is 3. The first-order chi connectivity index (χ1) is 15.4. The van der Waals surface area contributed by atoms with Crippen molar-refractivity contribution >= 4 is 46.4 Å². The number of hydrogen-bond donors (Lipinski definition) is 2. The molecule has 32 heavy (non-hydrogen) atoms. The summed E-state index contributed by atoms with van der Waals surface area (Å²) in [6, 6.07) is 12.9. The zero-order valence-electron chi connectivity index (χ0n) is 17.9. The number of aromatic nitrogens is 2.